The summed E-state index contributed by atoms with van der Waals surface area (Å²) < 4.78 is 11.3. The molecule has 0 saturated heterocycles. The molecule has 0 spiro atoms. The Bertz CT molecular complexity index is 1210. The first-order valence-corrected chi connectivity index (χ1v) is 12.6. The first-order valence-electron chi connectivity index (χ1n) is 12.6. The van der Waals surface area contributed by atoms with Crippen molar-refractivity contribution in [2.45, 2.75) is 32.8 Å². The fourth-order valence-corrected chi connectivity index (χ4v) is 3.82. The van der Waals surface area contributed by atoms with Gasteiger partial charge < -0.3 is 25.6 Å². The molecule has 38 heavy (non-hydrogen) atoms. The van der Waals surface area contributed by atoms with Gasteiger partial charge in [-0.2, -0.15) is 0 Å². The van der Waals surface area contributed by atoms with Gasteiger partial charge in [-0.05, 0) is 73.7 Å². The average molecular weight is 518 g/mol. The van der Waals surface area contributed by atoms with E-state index in [1.807, 2.05) is 50.2 Å². The molecule has 2 atom stereocenters. The molecule has 0 aliphatic carbocycles. The topological polar surface area (TPSA) is 123 Å². The Balaban J connectivity index is 1.63. The van der Waals surface area contributed by atoms with Gasteiger partial charge in [-0.15, -0.1) is 0 Å². The average Bonchev–Trinajstić information content (AvgIpc) is 2.91. The number of aliphatic hydroxyl groups is 1. The van der Waals surface area contributed by atoms with Crippen molar-refractivity contribution in [3.05, 3.63) is 96.1 Å². The standard InChI is InChI=1S/C30H35N3O5/c1-21-11-15-24(16-12-21)32-30(36)38-29(23-13-17-25(18-14-23)37-20-19-34)22(2)7-3-6-10-28(35)33-27-9-5-4-8-26(27)31/h4-6,8-18,22,29,34H,3,7,19-20,31H2,1-2H3,(H,32,36)(H,33,35)/b10-6+/t22-,29+/m1/s1. The van der Waals surface area contributed by atoms with Gasteiger partial charge in [0.05, 0.1) is 18.0 Å². The highest BCUT2D eigenvalue weighted by Crippen LogP contribution is 2.31. The Morgan fingerprint density at radius 2 is 1.71 bits per heavy atom. The number of anilines is 3. The van der Waals surface area contributed by atoms with Crippen LogP contribution in [0.2, 0.25) is 0 Å². The van der Waals surface area contributed by atoms with Crippen molar-refractivity contribution in [3.8, 4) is 5.75 Å². The number of carbonyl (C=O) groups excluding carboxylic acids is 2. The van der Waals surface area contributed by atoms with Crippen LogP contribution in [0.15, 0.2) is 84.9 Å². The van der Waals surface area contributed by atoms with Crippen LogP contribution in [0.4, 0.5) is 21.9 Å². The largest absolute Gasteiger partial charge is 0.491 e. The number of benzene rings is 3. The van der Waals surface area contributed by atoms with Gasteiger partial charge in [0.15, 0.2) is 0 Å². The highest BCUT2D eigenvalue weighted by molar-refractivity contribution is 6.01. The highest BCUT2D eigenvalue weighted by Gasteiger charge is 2.23. The van der Waals surface area contributed by atoms with E-state index in [1.54, 1.807) is 42.5 Å². The number of hydrogen-bond acceptors (Lipinski definition) is 6. The normalized spacial score (nSPS) is 12.5. The van der Waals surface area contributed by atoms with E-state index in [1.165, 1.54) is 6.08 Å². The number of aryl methyl sites for hydroxylation is 1. The molecule has 0 unspecified atom stereocenters. The second-order valence-corrected chi connectivity index (χ2v) is 8.99. The zero-order valence-corrected chi connectivity index (χ0v) is 21.7. The van der Waals surface area contributed by atoms with Gasteiger partial charge in [-0.3, -0.25) is 10.1 Å². The Morgan fingerprint density at radius 1 is 1.00 bits per heavy atom. The lowest BCUT2D eigenvalue weighted by Gasteiger charge is -2.25. The lowest BCUT2D eigenvalue weighted by Crippen LogP contribution is -2.22. The summed E-state index contributed by atoms with van der Waals surface area (Å²) in [6, 6.07) is 21.8. The number of allylic oxidation sites excluding steroid dienone is 1. The number of rotatable bonds is 12. The predicted molar refractivity (Wildman–Crippen MR) is 150 cm³/mol. The molecule has 8 nitrogen and oxygen atoms in total. The maximum absolute atomic E-state index is 12.8. The van der Waals surface area contributed by atoms with Crippen molar-refractivity contribution < 1.29 is 24.2 Å². The van der Waals surface area contributed by atoms with E-state index in [0.717, 1.165) is 11.1 Å². The SMILES string of the molecule is Cc1ccc(NC(=O)O[C@H](c2ccc(OCCO)cc2)[C@H](C)CC/C=C/C(=O)Nc2ccccc2N)cc1. The minimum atomic E-state index is -0.554. The molecule has 0 aliphatic rings. The van der Waals surface area contributed by atoms with E-state index in [4.69, 9.17) is 20.3 Å². The molecule has 0 heterocycles. The van der Waals surface area contributed by atoms with E-state index < -0.39 is 12.2 Å². The second-order valence-electron chi connectivity index (χ2n) is 8.99. The minimum Gasteiger partial charge on any atom is -0.491 e. The van der Waals surface area contributed by atoms with Crippen LogP contribution in [0.5, 0.6) is 5.75 Å². The van der Waals surface area contributed by atoms with Crippen LogP contribution < -0.4 is 21.1 Å². The summed E-state index contributed by atoms with van der Waals surface area (Å²) in [7, 11) is 0. The van der Waals surface area contributed by atoms with Gasteiger partial charge in [-0.1, -0.05) is 55.0 Å². The molecular formula is C30H35N3O5. The fraction of sp³-hybridized carbons (Fsp3) is 0.267. The summed E-state index contributed by atoms with van der Waals surface area (Å²) in [5.74, 6) is 0.297. The van der Waals surface area contributed by atoms with Crippen molar-refractivity contribution in [2.75, 3.05) is 29.6 Å². The number of para-hydroxylation sites is 2. The number of aliphatic hydroxyl groups excluding tert-OH is 1. The van der Waals surface area contributed by atoms with E-state index in [9.17, 15) is 9.59 Å². The zero-order valence-electron chi connectivity index (χ0n) is 21.7. The molecule has 0 bridgehead atoms. The Kier molecular flexibility index (Phi) is 10.7. The van der Waals surface area contributed by atoms with E-state index >= 15 is 0 Å². The summed E-state index contributed by atoms with van der Waals surface area (Å²) >= 11 is 0. The molecule has 0 fully saturated rings. The first-order chi connectivity index (χ1) is 18.4. The third-order valence-electron chi connectivity index (χ3n) is 5.89. The lowest BCUT2D eigenvalue weighted by atomic mass is 9.93. The summed E-state index contributed by atoms with van der Waals surface area (Å²) in [5, 5.41) is 14.5. The first kappa shape index (κ1) is 28.3. The molecule has 3 aromatic carbocycles. The van der Waals surface area contributed by atoms with E-state index in [2.05, 4.69) is 10.6 Å². The lowest BCUT2D eigenvalue weighted by molar-refractivity contribution is -0.111. The Morgan fingerprint density at radius 3 is 2.39 bits per heavy atom. The van der Waals surface area contributed by atoms with Crippen molar-refractivity contribution in [2.24, 2.45) is 5.92 Å². The van der Waals surface area contributed by atoms with Gasteiger partial charge in [0.25, 0.3) is 0 Å². The molecule has 200 valence electrons. The monoisotopic (exact) mass is 517 g/mol. The maximum atomic E-state index is 12.8. The number of nitrogens with one attached hydrogen (secondary N) is 2. The van der Waals surface area contributed by atoms with Crippen molar-refractivity contribution in [3.63, 3.8) is 0 Å². The maximum Gasteiger partial charge on any atom is 0.412 e. The van der Waals surface area contributed by atoms with Gasteiger partial charge >= 0.3 is 6.09 Å². The predicted octanol–water partition coefficient (Wildman–Crippen LogP) is 5.85. The van der Waals surface area contributed by atoms with E-state index in [-0.39, 0.29) is 25.0 Å². The smallest absolute Gasteiger partial charge is 0.412 e. The van der Waals surface area contributed by atoms with Crippen LogP contribution in [-0.4, -0.2) is 30.3 Å². The minimum absolute atomic E-state index is 0.0551. The summed E-state index contributed by atoms with van der Waals surface area (Å²) in [6.07, 6.45) is 3.46. The van der Waals surface area contributed by atoms with Crippen molar-refractivity contribution >= 4 is 29.1 Å². The molecule has 5 N–H and O–H groups in total. The van der Waals surface area contributed by atoms with Crippen LogP contribution in [0, 0.1) is 12.8 Å². The van der Waals surface area contributed by atoms with Gasteiger partial charge in [0.2, 0.25) is 5.91 Å². The molecule has 3 rings (SSSR count). The number of nitrogen functional groups attached to an aromatic ring is 1. The number of hydrogen-bond donors (Lipinski definition) is 4. The summed E-state index contributed by atoms with van der Waals surface area (Å²) in [5.41, 5.74) is 9.49. The number of ether oxygens (including phenoxy) is 2. The molecule has 0 aromatic heterocycles. The number of amides is 2. The van der Waals surface area contributed by atoms with Gasteiger partial charge in [-0.25, -0.2) is 4.79 Å². The number of carbonyl (C=O) groups is 2. The molecule has 2 amide bonds. The van der Waals surface area contributed by atoms with Crippen molar-refractivity contribution in [1.29, 1.82) is 0 Å². The highest BCUT2D eigenvalue weighted by atomic mass is 16.6. The third kappa shape index (κ3) is 8.97. The molecule has 3 aromatic rings. The molecular weight excluding hydrogens is 482 g/mol. The molecule has 8 heteroatoms. The summed E-state index contributed by atoms with van der Waals surface area (Å²) in [4.78, 5) is 25.0. The Labute approximate surface area is 223 Å². The molecule has 0 radical (unpaired) electrons. The van der Waals surface area contributed by atoms with Gasteiger partial charge in [0, 0.05) is 5.69 Å². The number of nitrogens with two attached hydrogens (primary N) is 1. The molecule has 0 aliphatic heterocycles. The van der Waals surface area contributed by atoms with Crippen molar-refractivity contribution in [1.82, 2.24) is 0 Å². The Hall–Kier alpha value is -4.30. The van der Waals surface area contributed by atoms with Crippen LogP contribution in [-0.2, 0) is 9.53 Å². The van der Waals surface area contributed by atoms with Gasteiger partial charge in [0.1, 0.15) is 18.5 Å². The van der Waals surface area contributed by atoms with Crippen LogP contribution in [0.3, 0.4) is 0 Å². The second kappa shape index (κ2) is 14.4. The van der Waals surface area contributed by atoms with Crippen LogP contribution >= 0.6 is 0 Å². The zero-order chi connectivity index (χ0) is 27.3. The van der Waals surface area contributed by atoms with E-state index in [0.29, 0.717) is 35.7 Å². The third-order valence-corrected chi connectivity index (χ3v) is 5.89. The summed E-state index contributed by atoms with van der Waals surface area (Å²) in [6.45, 7) is 4.10. The van der Waals surface area contributed by atoms with Crippen LogP contribution in [0.1, 0.15) is 37.0 Å². The quantitative estimate of drug-likeness (QED) is 0.177. The fourth-order valence-electron chi connectivity index (χ4n) is 3.82. The van der Waals surface area contributed by atoms with Crippen LogP contribution in [0.25, 0.3) is 0 Å². The molecule has 0 saturated carbocycles.